The third-order valence-corrected chi connectivity index (χ3v) is 3.14. The van der Waals surface area contributed by atoms with Crippen molar-refractivity contribution in [1.82, 2.24) is 9.38 Å². The summed E-state index contributed by atoms with van der Waals surface area (Å²) in [6.07, 6.45) is 2.92. The molecule has 0 aliphatic carbocycles. The van der Waals surface area contributed by atoms with Gasteiger partial charge >= 0.3 is 0 Å². The quantitative estimate of drug-likeness (QED) is 0.779. The maximum atomic E-state index is 12.3. The molecule has 1 aromatic carbocycles. The Bertz CT molecular complexity index is 952. The second kappa shape index (κ2) is 5.50. The van der Waals surface area contributed by atoms with Crippen LogP contribution >= 0.6 is 0 Å². The largest absolute Gasteiger partial charge is 0.316 e. The summed E-state index contributed by atoms with van der Waals surface area (Å²) in [4.78, 5) is 28.5. The van der Waals surface area contributed by atoms with Crippen LogP contribution < -0.4 is 10.9 Å². The van der Waals surface area contributed by atoms with Crippen LogP contribution in [0, 0.1) is 11.3 Å². The molecule has 3 aromatic rings. The van der Waals surface area contributed by atoms with Crippen molar-refractivity contribution in [2.24, 2.45) is 0 Å². The van der Waals surface area contributed by atoms with E-state index in [4.69, 9.17) is 5.26 Å². The van der Waals surface area contributed by atoms with Crippen molar-refractivity contribution < 1.29 is 4.79 Å². The van der Waals surface area contributed by atoms with Crippen LogP contribution in [0.1, 0.15) is 15.9 Å². The maximum Gasteiger partial charge on any atom is 0.281 e. The Morgan fingerprint density at radius 3 is 2.68 bits per heavy atom. The molecular weight excluding hydrogens is 280 g/mol. The van der Waals surface area contributed by atoms with Gasteiger partial charge in [-0.1, -0.05) is 6.07 Å². The van der Waals surface area contributed by atoms with Gasteiger partial charge in [-0.15, -0.1) is 0 Å². The van der Waals surface area contributed by atoms with Gasteiger partial charge in [-0.2, -0.15) is 5.26 Å². The number of amides is 1. The predicted molar refractivity (Wildman–Crippen MR) is 80.6 cm³/mol. The van der Waals surface area contributed by atoms with E-state index in [0.717, 1.165) is 0 Å². The lowest BCUT2D eigenvalue weighted by molar-refractivity contribution is 0.102. The van der Waals surface area contributed by atoms with E-state index in [1.165, 1.54) is 22.7 Å². The normalized spacial score (nSPS) is 10.1. The number of rotatable bonds is 2. The molecule has 106 valence electrons. The van der Waals surface area contributed by atoms with Gasteiger partial charge in [-0.25, -0.2) is 4.98 Å². The molecule has 2 heterocycles. The monoisotopic (exact) mass is 290 g/mol. The van der Waals surface area contributed by atoms with Gasteiger partial charge in [0.25, 0.3) is 11.5 Å². The Balaban J connectivity index is 1.92. The van der Waals surface area contributed by atoms with Gasteiger partial charge in [0.2, 0.25) is 0 Å². The Labute approximate surface area is 125 Å². The summed E-state index contributed by atoms with van der Waals surface area (Å²) < 4.78 is 1.36. The lowest BCUT2D eigenvalue weighted by Crippen LogP contribution is -2.23. The summed E-state index contributed by atoms with van der Waals surface area (Å²) in [5.41, 5.74) is 1.06. The third-order valence-electron chi connectivity index (χ3n) is 3.14. The standard InChI is InChI=1S/C16H10N4O2/c17-9-11-4-6-12(7-5-11)15(21)19-13-10-18-14-3-1-2-8-20(14)16(13)22/h1-8,10H,(H,19,21). The fourth-order valence-corrected chi connectivity index (χ4v) is 2.00. The number of carbonyl (C=O) groups excluding carboxylic acids is 1. The lowest BCUT2D eigenvalue weighted by atomic mass is 10.1. The number of aromatic nitrogens is 2. The number of nitriles is 1. The summed E-state index contributed by atoms with van der Waals surface area (Å²) in [6, 6.07) is 13.3. The van der Waals surface area contributed by atoms with E-state index >= 15 is 0 Å². The first-order valence-corrected chi connectivity index (χ1v) is 6.47. The Kier molecular flexibility index (Phi) is 3.38. The predicted octanol–water partition coefficient (Wildman–Crippen LogP) is 1.82. The molecule has 0 spiro atoms. The molecule has 0 radical (unpaired) electrons. The molecule has 1 N–H and O–H groups in total. The summed E-state index contributed by atoms with van der Waals surface area (Å²) in [6.45, 7) is 0. The van der Waals surface area contributed by atoms with Crippen LogP contribution in [0.4, 0.5) is 5.69 Å². The average molecular weight is 290 g/mol. The minimum Gasteiger partial charge on any atom is -0.316 e. The van der Waals surface area contributed by atoms with Crippen LogP contribution in [0.2, 0.25) is 0 Å². The van der Waals surface area contributed by atoms with Crippen molar-refractivity contribution in [1.29, 1.82) is 5.26 Å². The minimum absolute atomic E-state index is 0.0954. The molecule has 6 heteroatoms. The maximum absolute atomic E-state index is 12.3. The van der Waals surface area contributed by atoms with E-state index in [2.05, 4.69) is 10.3 Å². The number of fused-ring (bicyclic) bond motifs is 1. The molecule has 2 aromatic heterocycles. The van der Waals surface area contributed by atoms with E-state index in [1.54, 1.807) is 36.5 Å². The molecule has 0 saturated carbocycles. The van der Waals surface area contributed by atoms with Crippen molar-refractivity contribution in [2.45, 2.75) is 0 Å². The molecule has 0 saturated heterocycles. The van der Waals surface area contributed by atoms with E-state index in [9.17, 15) is 9.59 Å². The molecular formula is C16H10N4O2. The Hall–Kier alpha value is -3.46. The first-order chi connectivity index (χ1) is 10.7. The fourth-order valence-electron chi connectivity index (χ4n) is 2.00. The molecule has 0 aliphatic heterocycles. The van der Waals surface area contributed by atoms with Crippen molar-refractivity contribution in [3.8, 4) is 6.07 Å². The SMILES string of the molecule is N#Cc1ccc(C(=O)Nc2cnc3ccccn3c2=O)cc1. The highest BCUT2D eigenvalue weighted by Gasteiger charge is 2.10. The highest BCUT2D eigenvalue weighted by atomic mass is 16.2. The van der Waals surface area contributed by atoms with Crippen molar-refractivity contribution in [2.75, 3.05) is 5.32 Å². The molecule has 0 fully saturated rings. The van der Waals surface area contributed by atoms with Gasteiger partial charge in [0.05, 0.1) is 17.8 Å². The number of pyridine rings is 1. The van der Waals surface area contributed by atoms with Crippen molar-refractivity contribution in [3.05, 3.63) is 76.3 Å². The Morgan fingerprint density at radius 2 is 1.95 bits per heavy atom. The third kappa shape index (κ3) is 2.43. The summed E-state index contributed by atoms with van der Waals surface area (Å²) in [5, 5.41) is 11.3. The number of benzene rings is 1. The topological polar surface area (TPSA) is 87.3 Å². The summed E-state index contributed by atoms with van der Waals surface area (Å²) in [5.74, 6) is -0.431. The molecule has 0 bridgehead atoms. The van der Waals surface area contributed by atoms with Crippen LogP contribution in [0.15, 0.2) is 59.7 Å². The zero-order valence-electron chi connectivity index (χ0n) is 11.4. The number of hydrogen-bond donors (Lipinski definition) is 1. The van der Waals surface area contributed by atoms with Crippen LogP contribution in [0.25, 0.3) is 5.65 Å². The van der Waals surface area contributed by atoms with Gasteiger partial charge in [0.1, 0.15) is 11.3 Å². The van der Waals surface area contributed by atoms with Crippen molar-refractivity contribution >= 4 is 17.2 Å². The van der Waals surface area contributed by atoms with E-state index < -0.39 is 5.91 Å². The smallest absolute Gasteiger partial charge is 0.281 e. The molecule has 0 atom stereocenters. The molecule has 0 unspecified atom stereocenters. The molecule has 6 nitrogen and oxygen atoms in total. The van der Waals surface area contributed by atoms with Gasteiger partial charge in [0, 0.05) is 11.8 Å². The number of anilines is 1. The lowest BCUT2D eigenvalue weighted by Gasteiger charge is -2.06. The van der Waals surface area contributed by atoms with E-state index in [1.807, 2.05) is 6.07 Å². The number of nitrogens with one attached hydrogen (secondary N) is 1. The zero-order chi connectivity index (χ0) is 15.5. The minimum atomic E-state index is -0.431. The van der Waals surface area contributed by atoms with E-state index in [0.29, 0.717) is 16.8 Å². The number of hydrogen-bond acceptors (Lipinski definition) is 4. The van der Waals surface area contributed by atoms with Crippen molar-refractivity contribution in [3.63, 3.8) is 0 Å². The van der Waals surface area contributed by atoms with Gasteiger partial charge in [0.15, 0.2) is 0 Å². The molecule has 0 aliphatic rings. The molecule has 3 rings (SSSR count). The second-order valence-corrected chi connectivity index (χ2v) is 4.55. The molecule has 1 amide bonds. The fraction of sp³-hybridized carbons (Fsp3) is 0. The molecule has 22 heavy (non-hydrogen) atoms. The highest BCUT2D eigenvalue weighted by molar-refractivity contribution is 6.04. The van der Waals surface area contributed by atoms with Crippen LogP contribution in [0.5, 0.6) is 0 Å². The van der Waals surface area contributed by atoms with Gasteiger partial charge < -0.3 is 5.32 Å². The number of carbonyl (C=O) groups is 1. The second-order valence-electron chi connectivity index (χ2n) is 4.55. The highest BCUT2D eigenvalue weighted by Crippen LogP contribution is 2.07. The van der Waals surface area contributed by atoms with Gasteiger partial charge in [-0.3, -0.25) is 14.0 Å². The first-order valence-electron chi connectivity index (χ1n) is 6.47. The number of nitrogens with zero attached hydrogens (tertiary/aromatic N) is 3. The summed E-state index contributed by atoms with van der Waals surface area (Å²) >= 11 is 0. The zero-order valence-corrected chi connectivity index (χ0v) is 11.4. The van der Waals surface area contributed by atoms with E-state index in [-0.39, 0.29) is 11.2 Å². The van der Waals surface area contributed by atoms with Crippen LogP contribution in [-0.2, 0) is 0 Å². The first kappa shape index (κ1) is 13.5. The summed E-state index contributed by atoms with van der Waals surface area (Å²) in [7, 11) is 0. The Morgan fingerprint density at radius 1 is 1.18 bits per heavy atom. The van der Waals surface area contributed by atoms with Crippen LogP contribution in [0.3, 0.4) is 0 Å². The average Bonchev–Trinajstić information content (AvgIpc) is 2.57. The van der Waals surface area contributed by atoms with Gasteiger partial charge in [-0.05, 0) is 36.4 Å². The van der Waals surface area contributed by atoms with Crippen LogP contribution in [-0.4, -0.2) is 15.3 Å².